The van der Waals surface area contributed by atoms with Crippen molar-refractivity contribution in [3.05, 3.63) is 12.7 Å². The molecule has 2 saturated heterocycles. The average molecular weight is 385 g/mol. The highest BCUT2D eigenvalue weighted by Crippen LogP contribution is 2.53. The molecule has 2 aromatic rings. The fraction of sp³-hybridized carbons (Fsp3) is 0.417. The molecule has 0 aliphatic carbocycles. The molecule has 0 aromatic carbocycles. The van der Waals surface area contributed by atoms with Gasteiger partial charge in [-0.1, -0.05) is 0 Å². The standard InChI is InChI=1S/C12H12N5O8P/c18-4-16-10-7-11(14-2-13-10)17(3-15-7)12-9(22-5-19)8-6(24-12)1-23-26(20,21)25-8/h2-6,8-9,12H,1H2,(H,20,21)(H,13,14,16,18). The minimum absolute atomic E-state index is 0.187. The summed E-state index contributed by atoms with van der Waals surface area (Å²) in [7, 11) is -4.26. The molecule has 2 aliphatic rings. The quantitative estimate of drug-likeness (QED) is 0.496. The third-order valence-electron chi connectivity index (χ3n) is 3.98. The number of fused-ring (bicyclic) bond motifs is 2. The van der Waals surface area contributed by atoms with Gasteiger partial charge in [-0.05, 0) is 0 Å². The van der Waals surface area contributed by atoms with Crippen LogP contribution in [0.25, 0.3) is 11.2 Å². The lowest BCUT2D eigenvalue weighted by atomic mass is 10.1. The van der Waals surface area contributed by atoms with Crippen LogP contribution in [0.4, 0.5) is 5.82 Å². The Morgan fingerprint density at radius 1 is 1.38 bits per heavy atom. The molecule has 2 aromatic heterocycles. The fourth-order valence-electron chi connectivity index (χ4n) is 2.95. The van der Waals surface area contributed by atoms with E-state index in [0.717, 1.165) is 0 Å². The highest BCUT2D eigenvalue weighted by molar-refractivity contribution is 7.47. The van der Waals surface area contributed by atoms with Gasteiger partial charge in [0.1, 0.15) is 18.5 Å². The lowest BCUT2D eigenvalue weighted by molar-refractivity contribution is -0.142. The molecule has 2 aliphatic heterocycles. The van der Waals surface area contributed by atoms with E-state index in [-0.39, 0.29) is 24.4 Å². The summed E-state index contributed by atoms with van der Waals surface area (Å²) in [5.74, 6) is 0.187. The summed E-state index contributed by atoms with van der Waals surface area (Å²) >= 11 is 0. The lowest BCUT2D eigenvalue weighted by Crippen LogP contribution is -2.40. The van der Waals surface area contributed by atoms with Crippen LogP contribution < -0.4 is 5.32 Å². The molecular formula is C12H12N5O8P. The third kappa shape index (κ3) is 2.75. The number of nitrogens with one attached hydrogen (secondary N) is 1. The number of imidazole rings is 1. The van der Waals surface area contributed by atoms with E-state index in [1.807, 2.05) is 0 Å². The zero-order valence-electron chi connectivity index (χ0n) is 12.9. The highest BCUT2D eigenvalue weighted by atomic mass is 31.2. The van der Waals surface area contributed by atoms with E-state index in [9.17, 15) is 19.0 Å². The van der Waals surface area contributed by atoms with Gasteiger partial charge in [0.15, 0.2) is 29.3 Å². The fourth-order valence-corrected chi connectivity index (χ4v) is 3.91. The SMILES string of the molecule is O=CNc1ncnc2c1ncn2C1OC2COP(=O)(O)OC2C1OC=O. The number of ether oxygens (including phenoxy) is 2. The molecule has 2 fully saturated rings. The van der Waals surface area contributed by atoms with Crippen LogP contribution in [0.3, 0.4) is 0 Å². The van der Waals surface area contributed by atoms with E-state index in [4.69, 9.17) is 18.5 Å². The number of aromatic nitrogens is 4. The van der Waals surface area contributed by atoms with Crippen molar-refractivity contribution in [2.24, 2.45) is 0 Å². The molecule has 26 heavy (non-hydrogen) atoms. The maximum atomic E-state index is 11.7. The highest BCUT2D eigenvalue weighted by Gasteiger charge is 2.54. The number of amides is 1. The van der Waals surface area contributed by atoms with E-state index >= 15 is 0 Å². The van der Waals surface area contributed by atoms with Crippen LogP contribution in [0, 0.1) is 0 Å². The number of nitrogens with zero attached hydrogens (tertiary/aromatic N) is 4. The van der Waals surface area contributed by atoms with Gasteiger partial charge in [-0.15, -0.1) is 0 Å². The smallest absolute Gasteiger partial charge is 0.457 e. The van der Waals surface area contributed by atoms with E-state index in [0.29, 0.717) is 12.1 Å². The summed E-state index contributed by atoms with van der Waals surface area (Å²) < 4.78 is 33.7. The Morgan fingerprint density at radius 2 is 2.23 bits per heavy atom. The molecule has 1 amide bonds. The first-order valence-electron chi connectivity index (χ1n) is 7.32. The van der Waals surface area contributed by atoms with Crippen molar-refractivity contribution in [2.75, 3.05) is 11.9 Å². The van der Waals surface area contributed by atoms with Crippen molar-refractivity contribution >= 4 is 37.7 Å². The Hall–Kier alpha value is -2.44. The molecule has 13 nitrogen and oxygen atoms in total. The molecule has 2 N–H and O–H groups in total. The van der Waals surface area contributed by atoms with Gasteiger partial charge < -0.3 is 19.7 Å². The normalized spacial score (nSPS) is 33.6. The molecule has 5 unspecified atom stereocenters. The van der Waals surface area contributed by atoms with E-state index < -0.39 is 32.4 Å². The first-order valence-corrected chi connectivity index (χ1v) is 8.81. The molecule has 0 saturated carbocycles. The predicted octanol–water partition coefficient (Wildman–Crippen LogP) is -0.651. The maximum absolute atomic E-state index is 11.7. The zero-order valence-corrected chi connectivity index (χ0v) is 13.8. The number of rotatable bonds is 5. The molecule has 5 atom stereocenters. The van der Waals surface area contributed by atoms with Crippen LogP contribution in [0.15, 0.2) is 12.7 Å². The largest absolute Gasteiger partial charge is 0.472 e. The second-order valence-electron chi connectivity index (χ2n) is 5.40. The van der Waals surface area contributed by atoms with Gasteiger partial charge in [-0.25, -0.2) is 19.5 Å². The Bertz CT molecular complexity index is 905. The minimum atomic E-state index is -4.26. The van der Waals surface area contributed by atoms with E-state index in [1.54, 1.807) is 0 Å². The second-order valence-corrected chi connectivity index (χ2v) is 6.81. The van der Waals surface area contributed by atoms with E-state index in [2.05, 4.69) is 20.3 Å². The first-order chi connectivity index (χ1) is 12.5. The van der Waals surface area contributed by atoms with Crippen molar-refractivity contribution in [3.63, 3.8) is 0 Å². The van der Waals surface area contributed by atoms with Gasteiger partial charge in [0.05, 0.1) is 12.9 Å². The molecule has 0 bridgehead atoms. The summed E-state index contributed by atoms with van der Waals surface area (Å²) in [6.07, 6.45) is -0.724. The third-order valence-corrected chi connectivity index (χ3v) is 4.97. The molecule has 4 heterocycles. The van der Waals surface area contributed by atoms with Crippen LogP contribution in [0.2, 0.25) is 0 Å². The topological polar surface area (TPSA) is 164 Å². The Labute approximate surface area is 144 Å². The summed E-state index contributed by atoms with van der Waals surface area (Å²) in [5, 5.41) is 2.40. The second kappa shape index (κ2) is 6.37. The first kappa shape index (κ1) is 17.0. The molecule has 14 heteroatoms. The van der Waals surface area contributed by atoms with Gasteiger partial charge in [-0.3, -0.25) is 23.2 Å². The monoisotopic (exact) mass is 385 g/mol. The van der Waals surface area contributed by atoms with Gasteiger partial charge in [0, 0.05) is 0 Å². The average Bonchev–Trinajstić information content (AvgIpc) is 3.17. The summed E-state index contributed by atoms with van der Waals surface area (Å²) in [5.41, 5.74) is 0.577. The summed E-state index contributed by atoms with van der Waals surface area (Å²) in [6, 6.07) is 0. The molecule has 0 radical (unpaired) electrons. The number of carbonyl (C=O) groups excluding carboxylic acids is 2. The van der Waals surface area contributed by atoms with E-state index in [1.165, 1.54) is 17.2 Å². The van der Waals surface area contributed by atoms with Crippen LogP contribution in [0.1, 0.15) is 6.23 Å². The predicted molar refractivity (Wildman–Crippen MR) is 80.5 cm³/mol. The lowest BCUT2D eigenvalue weighted by Gasteiger charge is -2.28. The number of hydrogen-bond acceptors (Lipinski definition) is 10. The Balaban J connectivity index is 1.74. The molecule has 4 rings (SSSR count). The van der Waals surface area contributed by atoms with Crippen LogP contribution in [-0.4, -0.2) is 62.2 Å². The minimum Gasteiger partial charge on any atom is -0.457 e. The van der Waals surface area contributed by atoms with Crippen molar-refractivity contribution in [2.45, 2.75) is 24.5 Å². The number of phosphoric acid groups is 1. The zero-order chi connectivity index (χ0) is 18.3. The Morgan fingerprint density at radius 3 is 3.00 bits per heavy atom. The van der Waals surface area contributed by atoms with Gasteiger partial charge in [-0.2, -0.15) is 0 Å². The number of phosphoric ester groups is 1. The van der Waals surface area contributed by atoms with Gasteiger partial charge >= 0.3 is 7.82 Å². The molecular weight excluding hydrogens is 373 g/mol. The van der Waals surface area contributed by atoms with Crippen LogP contribution in [0.5, 0.6) is 0 Å². The van der Waals surface area contributed by atoms with Crippen LogP contribution in [-0.2, 0) is 32.7 Å². The van der Waals surface area contributed by atoms with Crippen molar-refractivity contribution < 1.29 is 37.6 Å². The molecule has 0 spiro atoms. The maximum Gasteiger partial charge on any atom is 0.472 e. The Kier molecular flexibility index (Phi) is 4.17. The van der Waals surface area contributed by atoms with Gasteiger partial charge in [0.2, 0.25) is 6.41 Å². The number of hydrogen-bond donors (Lipinski definition) is 2. The molecule has 138 valence electrons. The van der Waals surface area contributed by atoms with Crippen molar-refractivity contribution in [1.29, 1.82) is 0 Å². The summed E-state index contributed by atoms with van der Waals surface area (Å²) in [6.45, 7) is -0.0226. The van der Waals surface area contributed by atoms with Crippen molar-refractivity contribution in [1.82, 2.24) is 19.5 Å². The van der Waals surface area contributed by atoms with Gasteiger partial charge in [0.25, 0.3) is 6.47 Å². The number of anilines is 1. The van der Waals surface area contributed by atoms with Crippen LogP contribution >= 0.6 is 7.82 Å². The number of carbonyl (C=O) groups is 2. The summed E-state index contributed by atoms with van der Waals surface area (Å²) in [4.78, 5) is 43.3. The van der Waals surface area contributed by atoms with Crippen molar-refractivity contribution in [3.8, 4) is 0 Å².